The van der Waals surface area contributed by atoms with Crippen LogP contribution in [-0.4, -0.2) is 39.8 Å². The lowest BCUT2D eigenvalue weighted by molar-refractivity contribution is -0.385. The van der Waals surface area contributed by atoms with E-state index >= 15 is 0 Å². The predicted molar refractivity (Wildman–Crippen MR) is 128 cm³/mol. The average molecular weight is 480 g/mol. The van der Waals surface area contributed by atoms with E-state index in [1.807, 2.05) is 17.5 Å². The Bertz CT molecular complexity index is 1390. The molecule has 4 aromatic rings. The Morgan fingerprint density at radius 2 is 1.85 bits per heavy atom. The van der Waals surface area contributed by atoms with Crippen LogP contribution < -0.4 is 14.8 Å². The monoisotopic (exact) mass is 479 g/mol. The van der Waals surface area contributed by atoms with E-state index in [-0.39, 0.29) is 11.3 Å². The molecule has 0 aliphatic carbocycles. The second-order valence-corrected chi connectivity index (χ2v) is 8.22. The minimum Gasteiger partial charge on any atom is -0.493 e. The van der Waals surface area contributed by atoms with Gasteiger partial charge in [-0.15, -0.1) is 11.3 Å². The number of aryl methyl sites for hydroxylation is 2. The van der Waals surface area contributed by atoms with Gasteiger partial charge in [0.15, 0.2) is 11.5 Å². The number of aromatic nitrogens is 3. The smallest absolute Gasteiger partial charge is 0.273 e. The Morgan fingerprint density at radius 3 is 2.56 bits per heavy atom. The summed E-state index contributed by atoms with van der Waals surface area (Å²) < 4.78 is 12.2. The van der Waals surface area contributed by atoms with Gasteiger partial charge in [-0.2, -0.15) is 9.78 Å². The molecule has 0 radical (unpaired) electrons. The zero-order valence-electron chi connectivity index (χ0n) is 18.9. The fourth-order valence-electron chi connectivity index (χ4n) is 3.36. The van der Waals surface area contributed by atoms with Gasteiger partial charge in [-0.3, -0.25) is 14.9 Å². The molecule has 0 fully saturated rings. The van der Waals surface area contributed by atoms with Gasteiger partial charge in [0.1, 0.15) is 5.82 Å². The number of nitro benzene ring substituents is 1. The Morgan fingerprint density at radius 1 is 1.09 bits per heavy atom. The van der Waals surface area contributed by atoms with Crippen LogP contribution in [0, 0.1) is 24.0 Å². The minimum atomic E-state index is -0.508. The van der Waals surface area contributed by atoms with Crippen molar-refractivity contribution in [2.45, 2.75) is 13.8 Å². The van der Waals surface area contributed by atoms with Crippen molar-refractivity contribution in [2.24, 2.45) is 0 Å². The fraction of sp³-hybridized carbons (Fsp3) is 0.174. The van der Waals surface area contributed by atoms with Gasteiger partial charge in [0.2, 0.25) is 5.13 Å². The number of ether oxygens (including phenoxy) is 2. The molecule has 0 aliphatic heterocycles. The van der Waals surface area contributed by atoms with E-state index in [0.29, 0.717) is 39.4 Å². The Balaban J connectivity index is 1.63. The van der Waals surface area contributed by atoms with E-state index < -0.39 is 10.8 Å². The Hall–Kier alpha value is -4.25. The zero-order valence-corrected chi connectivity index (χ0v) is 19.7. The third-order valence-electron chi connectivity index (χ3n) is 5.09. The average Bonchev–Trinajstić information content (AvgIpc) is 3.45. The van der Waals surface area contributed by atoms with E-state index in [9.17, 15) is 14.9 Å². The first kappa shape index (κ1) is 22.9. The molecule has 2 heterocycles. The highest BCUT2D eigenvalue weighted by atomic mass is 32.1. The molecule has 0 bridgehead atoms. The molecule has 11 heteroatoms. The van der Waals surface area contributed by atoms with Crippen molar-refractivity contribution < 1.29 is 19.2 Å². The molecule has 0 aliphatic rings. The molecule has 34 heavy (non-hydrogen) atoms. The maximum absolute atomic E-state index is 12.8. The number of nitrogens with zero attached hydrogens (tertiary/aromatic N) is 4. The maximum atomic E-state index is 12.8. The number of anilines is 1. The van der Waals surface area contributed by atoms with Gasteiger partial charge in [0.25, 0.3) is 11.6 Å². The number of amides is 1. The van der Waals surface area contributed by atoms with Gasteiger partial charge < -0.3 is 14.8 Å². The zero-order chi connectivity index (χ0) is 24.4. The van der Waals surface area contributed by atoms with E-state index in [2.05, 4.69) is 15.4 Å². The van der Waals surface area contributed by atoms with Gasteiger partial charge in [0, 0.05) is 34.2 Å². The number of nitrogens with one attached hydrogen (secondary N) is 1. The SMILES string of the molecule is COc1ccc(-c2csc(-n3nc(C)cc3NC(=O)c3ccc(C)c([N+](=O)[O-])c3)n2)cc1OC. The second kappa shape index (κ2) is 9.32. The molecule has 0 spiro atoms. The molecule has 174 valence electrons. The van der Waals surface area contributed by atoms with Crippen molar-refractivity contribution in [2.75, 3.05) is 19.5 Å². The molecular weight excluding hydrogens is 458 g/mol. The topological polar surface area (TPSA) is 121 Å². The van der Waals surface area contributed by atoms with Gasteiger partial charge in [-0.25, -0.2) is 4.98 Å². The lowest BCUT2D eigenvalue weighted by Gasteiger charge is -2.08. The molecule has 0 saturated heterocycles. The van der Waals surface area contributed by atoms with E-state index in [1.54, 1.807) is 52.3 Å². The number of thiazole rings is 1. The van der Waals surface area contributed by atoms with Gasteiger partial charge in [-0.05, 0) is 38.1 Å². The molecule has 0 unspecified atom stereocenters. The summed E-state index contributed by atoms with van der Waals surface area (Å²) in [6, 6.07) is 11.6. The highest BCUT2D eigenvalue weighted by Crippen LogP contribution is 2.33. The summed E-state index contributed by atoms with van der Waals surface area (Å²) in [5, 5.41) is 20.9. The second-order valence-electron chi connectivity index (χ2n) is 7.38. The third-order valence-corrected chi connectivity index (χ3v) is 5.91. The summed E-state index contributed by atoms with van der Waals surface area (Å²) in [5.74, 6) is 1.12. The molecule has 4 rings (SSSR count). The fourth-order valence-corrected chi connectivity index (χ4v) is 4.16. The Labute approximate surface area is 198 Å². The lowest BCUT2D eigenvalue weighted by atomic mass is 10.1. The minimum absolute atomic E-state index is 0.114. The first-order chi connectivity index (χ1) is 16.3. The highest BCUT2D eigenvalue weighted by molar-refractivity contribution is 7.12. The number of hydrogen-bond acceptors (Lipinski definition) is 8. The number of hydrogen-bond donors (Lipinski definition) is 1. The largest absolute Gasteiger partial charge is 0.493 e. The van der Waals surface area contributed by atoms with Crippen LogP contribution in [0.25, 0.3) is 16.4 Å². The number of benzene rings is 2. The summed E-state index contributed by atoms with van der Waals surface area (Å²) in [7, 11) is 3.14. The third kappa shape index (κ3) is 4.46. The Kier molecular flexibility index (Phi) is 6.28. The number of carbonyl (C=O) groups excluding carboxylic acids is 1. The standard InChI is InChI=1S/C23H21N5O5S/c1-13-5-6-16(10-18(13)28(30)31)22(29)25-21-9-14(2)26-27(21)23-24-17(12-34-23)15-7-8-19(32-3)20(11-15)33-4/h5-12H,1-4H3,(H,25,29). The number of nitro groups is 1. The molecule has 0 saturated carbocycles. The van der Waals surface area contributed by atoms with Crippen LogP contribution in [0.1, 0.15) is 21.6 Å². The summed E-state index contributed by atoms with van der Waals surface area (Å²) in [4.78, 5) is 28.2. The van der Waals surface area contributed by atoms with Crippen LogP contribution in [0.4, 0.5) is 11.5 Å². The van der Waals surface area contributed by atoms with Crippen LogP contribution in [0.2, 0.25) is 0 Å². The summed E-state index contributed by atoms with van der Waals surface area (Å²) >= 11 is 1.36. The first-order valence-corrected chi connectivity index (χ1v) is 11.0. The van der Waals surface area contributed by atoms with Gasteiger partial charge >= 0.3 is 0 Å². The molecular formula is C23H21N5O5S. The first-order valence-electron chi connectivity index (χ1n) is 10.1. The molecule has 2 aromatic heterocycles. The van der Waals surface area contributed by atoms with Crippen LogP contribution in [0.15, 0.2) is 47.8 Å². The van der Waals surface area contributed by atoms with E-state index in [1.165, 1.54) is 22.1 Å². The number of carbonyl (C=O) groups is 1. The molecule has 0 atom stereocenters. The molecule has 1 N–H and O–H groups in total. The van der Waals surface area contributed by atoms with Gasteiger partial charge in [0.05, 0.1) is 30.5 Å². The normalized spacial score (nSPS) is 10.7. The number of methoxy groups -OCH3 is 2. The van der Waals surface area contributed by atoms with Crippen LogP contribution >= 0.6 is 11.3 Å². The van der Waals surface area contributed by atoms with Crippen molar-refractivity contribution in [3.63, 3.8) is 0 Å². The van der Waals surface area contributed by atoms with E-state index in [0.717, 1.165) is 5.56 Å². The number of rotatable bonds is 7. The van der Waals surface area contributed by atoms with Crippen LogP contribution in [0.3, 0.4) is 0 Å². The summed E-state index contributed by atoms with van der Waals surface area (Å²) in [5.41, 5.74) is 2.76. The molecule has 1 amide bonds. The molecule has 2 aromatic carbocycles. The highest BCUT2D eigenvalue weighted by Gasteiger charge is 2.19. The lowest BCUT2D eigenvalue weighted by Crippen LogP contribution is -2.15. The predicted octanol–water partition coefficient (Wildman–Crippen LogP) is 4.79. The van der Waals surface area contributed by atoms with Gasteiger partial charge in [-0.1, -0.05) is 6.07 Å². The van der Waals surface area contributed by atoms with Crippen molar-refractivity contribution in [1.82, 2.24) is 14.8 Å². The quantitative estimate of drug-likeness (QED) is 0.299. The van der Waals surface area contributed by atoms with Crippen molar-refractivity contribution >= 4 is 28.7 Å². The van der Waals surface area contributed by atoms with Crippen molar-refractivity contribution in [3.05, 3.63) is 74.8 Å². The van der Waals surface area contributed by atoms with E-state index in [4.69, 9.17) is 9.47 Å². The maximum Gasteiger partial charge on any atom is 0.273 e. The van der Waals surface area contributed by atoms with Crippen LogP contribution in [-0.2, 0) is 0 Å². The molecule has 10 nitrogen and oxygen atoms in total. The van der Waals surface area contributed by atoms with Crippen molar-refractivity contribution in [1.29, 1.82) is 0 Å². The van der Waals surface area contributed by atoms with Crippen LogP contribution in [0.5, 0.6) is 11.5 Å². The summed E-state index contributed by atoms with van der Waals surface area (Å²) in [6.07, 6.45) is 0. The summed E-state index contributed by atoms with van der Waals surface area (Å²) in [6.45, 7) is 3.42. The van der Waals surface area contributed by atoms with Crippen molar-refractivity contribution in [3.8, 4) is 27.9 Å².